The van der Waals surface area contributed by atoms with Crippen molar-refractivity contribution in [3.05, 3.63) is 59.7 Å². The molecule has 0 atom stereocenters. The van der Waals surface area contributed by atoms with Gasteiger partial charge in [0, 0.05) is 16.3 Å². The zero-order valence-corrected chi connectivity index (χ0v) is 12.4. The zero-order valence-electron chi connectivity index (χ0n) is 11.6. The summed E-state index contributed by atoms with van der Waals surface area (Å²) in [5, 5.41) is 0. The van der Waals surface area contributed by atoms with E-state index in [4.69, 9.17) is 5.73 Å². The summed E-state index contributed by atoms with van der Waals surface area (Å²) in [6.07, 6.45) is 1.08. The third-order valence-electron chi connectivity index (χ3n) is 3.19. The predicted octanol–water partition coefficient (Wildman–Crippen LogP) is 4.73. The summed E-state index contributed by atoms with van der Waals surface area (Å²) >= 11 is 1.91. The molecule has 0 heterocycles. The van der Waals surface area contributed by atoms with Gasteiger partial charge in [0.25, 0.3) is 0 Å². The van der Waals surface area contributed by atoms with Gasteiger partial charge in [-0.15, -0.1) is 11.8 Å². The van der Waals surface area contributed by atoms with Crippen LogP contribution in [0.3, 0.4) is 0 Å². The van der Waals surface area contributed by atoms with Crippen molar-refractivity contribution in [3.63, 3.8) is 0 Å². The van der Waals surface area contributed by atoms with Gasteiger partial charge < -0.3 is 5.73 Å². The average Bonchev–Trinajstić information content (AvgIpc) is 2.41. The fourth-order valence-electron chi connectivity index (χ4n) is 1.92. The van der Waals surface area contributed by atoms with E-state index in [1.54, 1.807) is 0 Å². The van der Waals surface area contributed by atoms with Crippen LogP contribution in [0.1, 0.15) is 30.9 Å². The number of nitrogens with two attached hydrogens (primary N) is 1. The van der Waals surface area contributed by atoms with Crippen molar-refractivity contribution in [2.45, 2.75) is 31.1 Å². The highest BCUT2D eigenvalue weighted by Gasteiger charge is 2.00. The first-order chi connectivity index (χ1) is 9.15. The molecular formula is C17H21NS. The number of benzene rings is 2. The number of anilines is 1. The molecule has 0 aromatic heterocycles. The Balaban J connectivity index is 1.83. The largest absolute Gasteiger partial charge is 0.399 e. The van der Waals surface area contributed by atoms with E-state index in [-0.39, 0.29) is 0 Å². The quantitative estimate of drug-likeness (QED) is 0.628. The molecule has 0 unspecified atom stereocenters. The van der Waals surface area contributed by atoms with Gasteiger partial charge in [0.15, 0.2) is 0 Å². The van der Waals surface area contributed by atoms with Gasteiger partial charge in [-0.05, 0) is 47.7 Å². The van der Waals surface area contributed by atoms with Crippen LogP contribution in [-0.4, -0.2) is 5.75 Å². The lowest BCUT2D eigenvalue weighted by Crippen LogP contribution is -1.91. The van der Waals surface area contributed by atoms with Gasteiger partial charge in [0.05, 0.1) is 0 Å². The maximum absolute atomic E-state index is 5.68. The second-order valence-corrected chi connectivity index (χ2v) is 6.23. The first kappa shape index (κ1) is 14.0. The summed E-state index contributed by atoms with van der Waals surface area (Å²) in [6, 6.07) is 17.1. The number of hydrogen-bond donors (Lipinski definition) is 1. The molecule has 2 heteroatoms. The molecule has 0 saturated carbocycles. The third-order valence-corrected chi connectivity index (χ3v) is 4.20. The van der Waals surface area contributed by atoms with Crippen molar-refractivity contribution in [2.24, 2.45) is 0 Å². The smallest absolute Gasteiger partial charge is 0.0314 e. The van der Waals surface area contributed by atoms with Crippen molar-refractivity contribution in [1.82, 2.24) is 0 Å². The topological polar surface area (TPSA) is 26.0 Å². The van der Waals surface area contributed by atoms with E-state index < -0.39 is 0 Å². The molecule has 0 saturated heterocycles. The van der Waals surface area contributed by atoms with E-state index in [2.05, 4.69) is 50.2 Å². The molecule has 0 aliphatic rings. The molecule has 0 aliphatic heterocycles. The van der Waals surface area contributed by atoms with Crippen LogP contribution in [0, 0.1) is 0 Å². The summed E-state index contributed by atoms with van der Waals surface area (Å²) in [7, 11) is 0. The monoisotopic (exact) mass is 271 g/mol. The predicted molar refractivity (Wildman–Crippen MR) is 85.8 cm³/mol. The van der Waals surface area contributed by atoms with Crippen molar-refractivity contribution in [1.29, 1.82) is 0 Å². The molecule has 0 spiro atoms. The molecular weight excluding hydrogens is 250 g/mol. The maximum atomic E-state index is 5.68. The fourth-order valence-corrected chi connectivity index (χ4v) is 2.82. The molecule has 0 amide bonds. The van der Waals surface area contributed by atoms with Gasteiger partial charge in [0.2, 0.25) is 0 Å². The molecule has 0 radical (unpaired) electrons. The molecule has 2 rings (SSSR count). The normalized spacial score (nSPS) is 10.9. The highest BCUT2D eigenvalue weighted by atomic mass is 32.2. The lowest BCUT2D eigenvalue weighted by molar-refractivity contribution is 0.865. The first-order valence-corrected chi connectivity index (χ1v) is 7.71. The Labute approximate surface area is 120 Å². The standard InChI is InChI=1S/C17H21NS/c1-13(2)15-5-9-17(10-6-15)19-12-11-14-3-7-16(18)8-4-14/h3-10,13H,11-12,18H2,1-2H3. The number of nitrogen functional groups attached to an aromatic ring is 1. The van der Waals surface area contributed by atoms with Gasteiger partial charge in [-0.1, -0.05) is 38.1 Å². The zero-order chi connectivity index (χ0) is 13.7. The number of thioether (sulfide) groups is 1. The number of aryl methyl sites for hydroxylation is 1. The van der Waals surface area contributed by atoms with Gasteiger partial charge in [0.1, 0.15) is 0 Å². The Kier molecular flexibility index (Phi) is 4.92. The second kappa shape index (κ2) is 6.67. The highest BCUT2D eigenvalue weighted by Crippen LogP contribution is 2.22. The van der Waals surface area contributed by atoms with Gasteiger partial charge >= 0.3 is 0 Å². The van der Waals surface area contributed by atoms with Crippen LogP contribution in [0.15, 0.2) is 53.4 Å². The van der Waals surface area contributed by atoms with E-state index in [1.165, 1.54) is 16.0 Å². The lowest BCUT2D eigenvalue weighted by Gasteiger charge is -2.07. The van der Waals surface area contributed by atoms with Crippen LogP contribution in [0.5, 0.6) is 0 Å². The Morgan fingerprint density at radius 2 is 1.58 bits per heavy atom. The third kappa shape index (κ3) is 4.32. The molecule has 0 fully saturated rings. The maximum Gasteiger partial charge on any atom is 0.0314 e. The SMILES string of the molecule is CC(C)c1ccc(SCCc2ccc(N)cc2)cc1. The first-order valence-electron chi connectivity index (χ1n) is 6.72. The van der Waals surface area contributed by atoms with Gasteiger partial charge in [-0.25, -0.2) is 0 Å². The van der Waals surface area contributed by atoms with E-state index in [0.29, 0.717) is 5.92 Å². The molecule has 2 N–H and O–H groups in total. The van der Waals surface area contributed by atoms with Crippen molar-refractivity contribution >= 4 is 17.4 Å². The number of rotatable bonds is 5. The number of hydrogen-bond acceptors (Lipinski definition) is 2. The molecule has 2 aromatic rings. The summed E-state index contributed by atoms with van der Waals surface area (Å²) in [6.45, 7) is 4.45. The van der Waals surface area contributed by atoms with Crippen molar-refractivity contribution in [2.75, 3.05) is 11.5 Å². The lowest BCUT2D eigenvalue weighted by atomic mass is 10.0. The summed E-state index contributed by atoms with van der Waals surface area (Å²) in [5.41, 5.74) is 9.27. The minimum absolute atomic E-state index is 0.605. The Morgan fingerprint density at radius 3 is 2.16 bits per heavy atom. The summed E-state index contributed by atoms with van der Waals surface area (Å²) in [4.78, 5) is 1.35. The minimum Gasteiger partial charge on any atom is -0.399 e. The van der Waals surface area contributed by atoms with Crippen LogP contribution in [0.2, 0.25) is 0 Å². The van der Waals surface area contributed by atoms with Crippen molar-refractivity contribution in [3.8, 4) is 0 Å². The average molecular weight is 271 g/mol. The molecule has 0 bridgehead atoms. The van der Waals surface area contributed by atoms with Crippen LogP contribution in [-0.2, 0) is 6.42 Å². The summed E-state index contributed by atoms with van der Waals surface area (Å²) in [5.74, 6) is 1.71. The van der Waals surface area contributed by atoms with Crippen LogP contribution in [0.4, 0.5) is 5.69 Å². The molecule has 1 nitrogen and oxygen atoms in total. The van der Waals surface area contributed by atoms with E-state index in [1.807, 2.05) is 23.9 Å². The van der Waals surface area contributed by atoms with E-state index in [9.17, 15) is 0 Å². The van der Waals surface area contributed by atoms with Crippen LogP contribution >= 0.6 is 11.8 Å². The van der Waals surface area contributed by atoms with Gasteiger partial charge in [-0.3, -0.25) is 0 Å². The van der Waals surface area contributed by atoms with Crippen LogP contribution < -0.4 is 5.73 Å². The van der Waals surface area contributed by atoms with Gasteiger partial charge in [-0.2, -0.15) is 0 Å². The second-order valence-electron chi connectivity index (χ2n) is 5.06. The molecule has 0 aliphatic carbocycles. The molecule has 19 heavy (non-hydrogen) atoms. The molecule has 2 aromatic carbocycles. The fraction of sp³-hybridized carbons (Fsp3) is 0.294. The summed E-state index contributed by atoms with van der Waals surface area (Å²) < 4.78 is 0. The highest BCUT2D eigenvalue weighted by molar-refractivity contribution is 7.99. The molecule has 100 valence electrons. The van der Waals surface area contributed by atoms with E-state index in [0.717, 1.165) is 17.9 Å². The Bertz CT molecular complexity index is 500. The van der Waals surface area contributed by atoms with Crippen LogP contribution in [0.25, 0.3) is 0 Å². The van der Waals surface area contributed by atoms with Crippen molar-refractivity contribution < 1.29 is 0 Å². The Hall–Kier alpha value is -1.41. The minimum atomic E-state index is 0.605. The van der Waals surface area contributed by atoms with E-state index >= 15 is 0 Å². The Morgan fingerprint density at radius 1 is 0.947 bits per heavy atom.